The zero-order valence-corrected chi connectivity index (χ0v) is 7.12. The van der Waals surface area contributed by atoms with Crippen molar-refractivity contribution in [3.63, 3.8) is 0 Å². The van der Waals surface area contributed by atoms with Gasteiger partial charge in [-0.25, -0.2) is 4.98 Å². The van der Waals surface area contributed by atoms with Crippen LogP contribution in [0.4, 0.5) is 0 Å². The number of rotatable bonds is 3. The van der Waals surface area contributed by atoms with Gasteiger partial charge in [-0.1, -0.05) is 0 Å². The van der Waals surface area contributed by atoms with Crippen molar-refractivity contribution in [3.8, 4) is 11.3 Å². The maximum absolute atomic E-state index is 5.41. The molecule has 2 rings (SSSR count). The Morgan fingerprint density at radius 3 is 3.00 bits per heavy atom. The van der Waals surface area contributed by atoms with E-state index < -0.39 is 0 Å². The van der Waals surface area contributed by atoms with Gasteiger partial charge in [0.15, 0.2) is 0 Å². The number of H-pyrrole nitrogens is 2. The van der Waals surface area contributed by atoms with Crippen molar-refractivity contribution < 1.29 is 0 Å². The van der Waals surface area contributed by atoms with Gasteiger partial charge in [0.2, 0.25) is 0 Å². The van der Waals surface area contributed by atoms with Gasteiger partial charge in [-0.2, -0.15) is 5.10 Å². The van der Waals surface area contributed by atoms with E-state index in [9.17, 15) is 0 Å². The number of nitrogens with zero attached hydrogens (tertiary/aromatic N) is 2. The first-order valence-corrected chi connectivity index (χ1v) is 4.13. The SMILES string of the molecule is NCCc1ncc(-c2cn[nH]c2)[nH]1. The van der Waals surface area contributed by atoms with Crippen LogP contribution in [0.5, 0.6) is 0 Å². The summed E-state index contributed by atoms with van der Waals surface area (Å²) in [6.45, 7) is 0.609. The van der Waals surface area contributed by atoms with Crippen LogP contribution in [-0.2, 0) is 6.42 Å². The summed E-state index contributed by atoms with van der Waals surface area (Å²) in [4.78, 5) is 7.35. The van der Waals surface area contributed by atoms with Gasteiger partial charge in [0.05, 0.1) is 18.1 Å². The highest BCUT2D eigenvalue weighted by molar-refractivity contribution is 5.55. The molecule has 68 valence electrons. The molecule has 5 nitrogen and oxygen atoms in total. The normalized spacial score (nSPS) is 10.5. The molecule has 0 fully saturated rings. The fourth-order valence-corrected chi connectivity index (χ4v) is 1.17. The minimum Gasteiger partial charge on any atom is -0.342 e. The highest BCUT2D eigenvalue weighted by atomic mass is 15.1. The zero-order chi connectivity index (χ0) is 9.10. The monoisotopic (exact) mass is 177 g/mol. The maximum atomic E-state index is 5.41. The Morgan fingerprint density at radius 1 is 1.38 bits per heavy atom. The van der Waals surface area contributed by atoms with Crippen LogP contribution < -0.4 is 5.73 Å². The average Bonchev–Trinajstić information content (AvgIpc) is 2.70. The average molecular weight is 177 g/mol. The second-order valence-corrected chi connectivity index (χ2v) is 2.77. The number of nitrogens with one attached hydrogen (secondary N) is 2. The van der Waals surface area contributed by atoms with Crippen molar-refractivity contribution >= 4 is 0 Å². The minimum atomic E-state index is 0.609. The molecular weight excluding hydrogens is 166 g/mol. The van der Waals surface area contributed by atoms with Crippen molar-refractivity contribution in [2.45, 2.75) is 6.42 Å². The van der Waals surface area contributed by atoms with Gasteiger partial charge >= 0.3 is 0 Å². The highest BCUT2D eigenvalue weighted by Gasteiger charge is 2.02. The number of hydrogen-bond acceptors (Lipinski definition) is 3. The molecule has 0 saturated carbocycles. The van der Waals surface area contributed by atoms with Gasteiger partial charge in [-0.3, -0.25) is 5.10 Å². The second-order valence-electron chi connectivity index (χ2n) is 2.77. The molecule has 2 heterocycles. The summed E-state index contributed by atoms with van der Waals surface area (Å²) in [6, 6.07) is 0. The molecule has 0 bridgehead atoms. The lowest BCUT2D eigenvalue weighted by Crippen LogP contribution is -2.03. The summed E-state index contributed by atoms with van der Waals surface area (Å²) < 4.78 is 0. The predicted octanol–water partition coefficient (Wildman–Crippen LogP) is 0.301. The molecule has 2 aromatic heterocycles. The second kappa shape index (κ2) is 3.40. The molecule has 5 heteroatoms. The lowest BCUT2D eigenvalue weighted by atomic mass is 10.3. The van der Waals surface area contributed by atoms with E-state index in [0.29, 0.717) is 6.54 Å². The molecule has 0 saturated heterocycles. The summed E-state index contributed by atoms with van der Waals surface area (Å²) in [5.41, 5.74) is 7.39. The van der Waals surface area contributed by atoms with Crippen molar-refractivity contribution in [1.82, 2.24) is 20.2 Å². The first kappa shape index (κ1) is 8.00. The third kappa shape index (κ3) is 1.59. The molecule has 0 atom stereocenters. The van der Waals surface area contributed by atoms with Crippen molar-refractivity contribution in [2.24, 2.45) is 5.73 Å². The molecule has 13 heavy (non-hydrogen) atoms. The van der Waals surface area contributed by atoms with Crippen LogP contribution >= 0.6 is 0 Å². The van der Waals surface area contributed by atoms with Gasteiger partial charge < -0.3 is 10.7 Å². The smallest absolute Gasteiger partial charge is 0.107 e. The fraction of sp³-hybridized carbons (Fsp3) is 0.250. The lowest BCUT2D eigenvalue weighted by molar-refractivity contribution is 0.895. The predicted molar refractivity (Wildman–Crippen MR) is 48.9 cm³/mol. The molecule has 0 radical (unpaired) electrons. The summed E-state index contributed by atoms with van der Waals surface area (Å²) in [7, 11) is 0. The van der Waals surface area contributed by atoms with Crippen LogP contribution in [0.2, 0.25) is 0 Å². The van der Waals surface area contributed by atoms with Gasteiger partial charge in [0.1, 0.15) is 5.82 Å². The molecular formula is C8H11N5. The zero-order valence-electron chi connectivity index (χ0n) is 7.12. The molecule has 2 aromatic rings. The molecule has 0 spiro atoms. The van der Waals surface area contributed by atoms with E-state index in [1.54, 1.807) is 12.4 Å². The van der Waals surface area contributed by atoms with Gasteiger partial charge in [0, 0.05) is 18.2 Å². The first-order valence-electron chi connectivity index (χ1n) is 4.13. The number of hydrogen-bond donors (Lipinski definition) is 3. The summed E-state index contributed by atoms with van der Waals surface area (Å²) >= 11 is 0. The minimum absolute atomic E-state index is 0.609. The molecule has 0 aliphatic heterocycles. The molecule has 0 unspecified atom stereocenters. The molecule has 0 aliphatic rings. The van der Waals surface area contributed by atoms with Gasteiger partial charge in [-0.05, 0) is 6.54 Å². The van der Waals surface area contributed by atoms with Crippen molar-refractivity contribution in [2.75, 3.05) is 6.54 Å². The van der Waals surface area contributed by atoms with Crippen LogP contribution in [0.25, 0.3) is 11.3 Å². The largest absolute Gasteiger partial charge is 0.342 e. The number of nitrogens with two attached hydrogens (primary N) is 1. The van der Waals surface area contributed by atoms with Crippen LogP contribution in [0, 0.1) is 0 Å². The Kier molecular flexibility index (Phi) is 2.09. The van der Waals surface area contributed by atoms with Gasteiger partial charge in [-0.15, -0.1) is 0 Å². The summed E-state index contributed by atoms with van der Waals surface area (Å²) in [6.07, 6.45) is 6.13. The Labute approximate surface area is 75.4 Å². The maximum Gasteiger partial charge on any atom is 0.107 e. The van der Waals surface area contributed by atoms with E-state index in [2.05, 4.69) is 20.2 Å². The van der Waals surface area contributed by atoms with E-state index in [1.807, 2.05) is 6.20 Å². The van der Waals surface area contributed by atoms with E-state index in [-0.39, 0.29) is 0 Å². The van der Waals surface area contributed by atoms with Crippen LogP contribution in [0.3, 0.4) is 0 Å². The number of aromatic amines is 2. The molecule has 0 aliphatic carbocycles. The fourth-order valence-electron chi connectivity index (χ4n) is 1.17. The topological polar surface area (TPSA) is 83.4 Å². The first-order chi connectivity index (χ1) is 6.40. The lowest BCUT2D eigenvalue weighted by Gasteiger charge is -1.90. The van der Waals surface area contributed by atoms with Crippen molar-refractivity contribution in [1.29, 1.82) is 0 Å². The van der Waals surface area contributed by atoms with Crippen molar-refractivity contribution in [3.05, 3.63) is 24.4 Å². The molecule has 4 N–H and O–H groups in total. The molecule has 0 aromatic carbocycles. The van der Waals surface area contributed by atoms with Crippen LogP contribution in [0.15, 0.2) is 18.6 Å². The number of aromatic nitrogens is 4. The van der Waals surface area contributed by atoms with E-state index in [1.165, 1.54) is 0 Å². The van der Waals surface area contributed by atoms with E-state index in [0.717, 1.165) is 23.5 Å². The Morgan fingerprint density at radius 2 is 2.31 bits per heavy atom. The standard InChI is InChI=1S/C8H11N5/c9-2-1-8-10-5-7(13-8)6-3-11-12-4-6/h3-5H,1-2,9H2,(H,10,13)(H,11,12). The van der Waals surface area contributed by atoms with Gasteiger partial charge in [0.25, 0.3) is 0 Å². The quantitative estimate of drug-likeness (QED) is 0.630. The van der Waals surface area contributed by atoms with Crippen LogP contribution in [0.1, 0.15) is 5.82 Å². The highest BCUT2D eigenvalue weighted by Crippen LogP contribution is 2.14. The van der Waals surface area contributed by atoms with E-state index in [4.69, 9.17) is 5.73 Å². The molecule has 0 amide bonds. The number of imidazole rings is 1. The van der Waals surface area contributed by atoms with E-state index >= 15 is 0 Å². The Bertz CT molecular complexity index is 362. The third-order valence-corrected chi connectivity index (χ3v) is 1.82. The summed E-state index contributed by atoms with van der Waals surface area (Å²) in [5.74, 6) is 0.915. The Hall–Kier alpha value is -1.62. The third-order valence-electron chi connectivity index (χ3n) is 1.82. The summed E-state index contributed by atoms with van der Waals surface area (Å²) in [5, 5.41) is 6.60. The van der Waals surface area contributed by atoms with Crippen LogP contribution in [-0.4, -0.2) is 26.7 Å². The Balaban J connectivity index is 2.23.